The number of nitrogens with one attached hydrogen (secondary N) is 2. The molecule has 0 saturated heterocycles. The van der Waals surface area contributed by atoms with Gasteiger partial charge in [-0.15, -0.1) is 0 Å². The van der Waals surface area contributed by atoms with Crippen LogP contribution in [0.3, 0.4) is 0 Å². The van der Waals surface area contributed by atoms with Gasteiger partial charge in [-0.1, -0.05) is 62.4 Å². The lowest BCUT2D eigenvalue weighted by atomic mass is 9.92. The number of amides is 2. The number of ether oxygens (including phenoxy) is 1. The summed E-state index contributed by atoms with van der Waals surface area (Å²) < 4.78 is 5.47. The first-order valence-corrected chi connectivity index (χ1v) is 10.9. The minimum atomic E-state index is -0.900. The van der Waals surface area contributed by atoms with Crippen LogP contribution in [-0.2, 0) is 14.3 Å². The van der Waals surface area contributed by atoms with E-state index >= 15 is 0 Å². The summed E-state index contributed by atoms with van der Waals surface area (Å²) in [5, 5.41) is 14.3. The maximum Gasteiger partial charge on any atom is 0.407 e. The molecule has 0 aromatic heterocycles. The Bertz CT molecular complexity index is 942. The van der Waals surface area contributed by atoms with E-state index in [0.717, 1.165) is 22.3 Å². The van der Waals surface area contributed by atoms with Crippen molar-refractivity contribution in [2.24, 2.45) is 11.8 Å². The third kappa shape index (κ3) is 5.46. The Labute approximate surface area is 188 Å². The predicted octanol–water partition coefficient (Wildman–Crippen LogP) is 3.78. The number of rotatable bonds is 9. The monoisotopic (exact) mass is 438 g/mol. The summed E-state index contributed by atoms with van der Waals surface area (Å²) in [6.07, 6.45) is -0.688. The van der Waals surface area contributed by atoms with E-state index in [1.54, 1.807) is 6.92 Å². The third-order valence-corrected chi connectivity index (χ3v) is 5.99. The Balaban J connectivity index is 1.53. The van der Waals surface area contributed by atoms with Gasteiger partial charge < -0.3 is 20.5 Å². The number of alkyl carbamates (subject to hydrolysis) is 1. The Morgan fingerprint density at radius 3 is 2.06 bits per heavy atom. The van der Waals surface area contributed by atoms with Crippen molar-refractivity contribution >= 4 is 18.0 Å². The summed E-state index contributed by atoms with van der Waals surface area (Å²) in [4.78, 5) is 35.7. The summed E-state index contributed by atoms with van der Waals surface area (Å²) in [6.45, 7) is 5.80. The topological polar surface area (TPSA) is 105 Å². The molecule has 0 spiro atoms. The standard InChI is InChI=1S/C25H30N2O5/c1-15(2)17(12-23(28)29)13-26-24(30)16(3)27-25(31)32-14-22-20-10-6-4-8-18(20)19-9-5-7-11-21(19)22/h4-11,15-17,22H,12-14H2,1-3H3,(H,26,30)(H,27,31)(H,28,29). The number of carbonyl (C=O) groups is 3. The molecule has 1 aliphatic carbocycles. The Kier molecular flexibility index (Phi) is 7.51. The summed E-state index contributed by atoms with van der Waals surface area (Å²) in [7, 11) is 0. The molecule has 3 rings (SSSR count). The average Bonchev–Trinajstić information content (AvgIpc) is 3.08. The second-order valence-electron chi connectivity index (χ2n) is 8.54. The first-order valence-electron chi connectivity index (χ1n) is 10.9. The number of benzene rings is 2. The van der Waals surface area contributed by atoms with Crippen LogP contribution in [0.2, 0.25) is 0 Å². The van der Waals surface area contributed by atoms with Gasteiger partial charge in [0.25, 0.3) is 0 Å². The normalized spacial score (nSPS) is 14.2. The minimum Gasteiger partial charge on any atom is -0.481 e. The number of hydrogen-bond donors (Lipinski definition) is 3. The van der Waals surface area contributed by atoms with Gasteiger partial charge in [0.2, 0.25) is 5.91 Å². The lowest BCUT2D eigenvalue weighted by Crippen LogP contribution is -2.46. The van der Waals surface area contributed by atoms with Crippen LogP contribution in [0, 0.1) is 11.8 Å². The van der Waals surface area contributed by atoms with Crippen molar-refractivity contribution < 1.29 is 24.2 Å². The summed E-state index contributed by atoms with van der Waals surface area (Å²) >= 11 is 0. The number of carboxylic acid groups (broad SMARTS) is 1. The highest BCUT2D eigenvalue weighted by molar-refractivity contribution is 5.85. The molecule has 0 aliphatic heterocycles. The molecule has 7 heteroatoms. The second kappa shape index (κ2) is 10.3. The average molecular weight is 439 g/mol. The van der Waals surface area contributed by atoms with E-state index in [1.807, 2.05) is 50.2 Å². The number of hydrogen-bond acceptors (Lipinski definition) is 4. The molecule has 2 aromatic rings. The summed E-state index contributed by atoms with van der Waals surface area (Å²) in [5.41, 5.74) is 4.52. The summed E-state index contributed by atoms with van der Waals surface area (Å²) in [5.74, 6) is -1.41. The van der Waals surface area contributed by atoms with Crippen molar-refractivity contribution in [1.29, 1.82) is 0 Å². The highest BCUT2D eigenvalue weighted by atomic mass is 16.5. The third-order valence-electron chi connectivity index (χ3n) is 5.99. The Morgan fingerprint density at radius 2 is 1.53 bits per heavy atom. The van der Waals surface area contributed by atoms with Crippen molar-refractivity contribution in [2.75, 3.05) is 13.2 Å². The zero-order valence-electron chi connectivity index (χ0n) is 18.6. The van der Waals surface area contributed by atoms with Crippen molar-refractivity contribution in [3.8, 4) is 11.1 Å². The SMILES string of the molecule is CC(NC(=O)OCC1c2ccccc2-c2ccccc21)C(=O)NCC(CC(=O)O)C(C)C. The molecule has 0 heterocycles. The van der Waals surface area contributed by atoms with E-state index in [4.69, 9.17) is 9.84 Å². The highest BCUT2D eigenvalue weighted by Crippen LogP contribution is 2.44. The fourth-order valence-corrected chi connectivity index (χ4v) is 4.04. The van der Waals surface area contributed by atoms with Crippen LogP contribution in [0.4, 0.5) is 4.79 Å². The van der Waals surface area contributed by atoms with Gasteiger partial charge >= 0.3 is 12.1 Å². The zero-order chi connectivity index (χ0) is 23.3. The van der Waals surface area contributed by atoms with Gasteiger partial charge in [-0.3, -0.25) is 9.59 Å². The fraction of sp³-hybridized carbons (Fsp3) is 0.400. The lowest BCUT2D eigenvalue weighted by molar-refractivity contribution is -0.138. The van der Waals surface area contributed by atoms with Gasteiger partial charge in [0.05, 0.1) is 6.42 Å². The molecular formula is C25H30N2O5. The maximum absolute atomic E-state index is 12.4. The molecule has 2 amide bonds. The van der Waals surface area contributed by atoms with Crippen molar-refractivity contribution in [3.05, 3.63) is 59.7 Å². The van der Waals surface area contributed by atoms with Crippen LogP contribution in [0.25, 0.3) is 11.1 Å². The molecule has 0 fully saturated rings. The van der Waals surface area contributed by atoms with Crippen molar-refractivity contribution in [1.82, 2.24) is 10.6 Å². The Morgan fingerprint density at radius 1 is 0.969 bits per heavy atom. The van der Waals surface area contributed by atoms with Crippen molar-refractivity contribution in [3.63, 3.8) is 0 Å². The van der Waals surface area contributed by atoms with Crippen LogP contribution >= 0.6 is 0 Å². The molecule has 0 bridgehead atoms. The maximum atomic E-state index is 12.4. The smallest absolute Gasteiger partial charge is 0.407 e. The predicted molar refractivity (Wildman–Crippen MR) is 121 cm³/mol. The molecule has 7 nitrogen and oxygen atoms in total. The van der Waals surface area contributed by atoms with E-state index in [9.17, 15) is 14.4 Å². The first-order chi connectivity index (χ1) is 15.3. The van der Waals surface area contributed by atoms with Gasteiger partial charge in [-0.05, 0) is 41.0 Å². The van der Waals surface area contributed by atoms with Crippen LogP contribution in [-0.4, -0.2) is 42.3 Å². The quantitative estimate of drug-likeness (QED) is 0.553. The van der Waals surface area contributed by atoms with Gasteiger partial charge in [-0.2, -0.15) is 0 Å². The Hall–Kier alpha value is -3.35. The van der Waals surface area contributed by atoms with E-state index < -0.39 is 18.1 Å². The van der Waals surface area contributed by atoms with Crippen LogP contribution in [0.1, 0.15) is 44.2 Å². The molecule has 0 saturated carbocycles. The van der Waals surface area contributed by atoms with Gasteiger partial charge in [0, 0.05) is 12.5 Å². The number of aliphatic carboxylic acids is 1. The molecule has 170 valence electrons. The van der Waals surface area contributed by atoms with Gasteiger partial charge in [0.15, 0.2) is 0 Å². The van der Waals surface area contributed by atoms with E-state index in [0.29, 0.717) is 0 Å². The fourth-order valence-electron chi connectivity index (χ4n) is 4.04. The molecule has 32 heavy (non-hydrogen) atoms. The molecule has 1 aliphatic rings. The van der Waals surface area contributed by atoms with Crippen LogP contribution < -0.4 is 10.6 Å². The molecule has 3 N–H and O–H groups in total. The lowest BCUT2D eigenvalue weighted by Gasteiger charge is -2.21. The zero-order valence-corrected chi connectivity index (χ0v) is 18.6. The highest BCUT2D eigenvalue weighted by Gasteiger charge is 2.29. The van der Waals surface area contributed by atoms with Crippen molar-refractivity contribution in [2.45, 2.75) is 39.2 Å². The number of carboxylic acids is 1. The second-order valence-corrected chi connectivity index (χ2v) is 8.54. The van der Waals surface area contributed by atoms with E-state index in [1.165, 1.54) is 0 Å². The molecule has 2 aromatic carbocycles. The van der Waals surface area contributed by atoms with Gasteiger partial charge in [0.1, 0.15) is 12.6 Å². The van der Waals surface area contributed by atoms with E-state index in [-0.39, 0.29) is 43.2 Å². The molecule has 2 atom stereocenters. The van der Waals surface area contributed by atoms with E-state index in [2.05, 4.69) is 22.8 Å². The first kappa shape index (κ1) is 23.3. The molecule has 0 radical (unpaired) electrons. The van der Waals surface area contributed by atoms with Crippen LogP contribution in [0.15, 0.2) is 48.5 Å². The van der Waals surface area contributed by atoms with Crippen LogP contribution in [0.5, 0.6) is 0 Å². The molecular weight excluding hydrogens is 408 g/mol. The minimum absolute atomic E-state index is 0.0217. The number of carbonyl (C=O) groups excluding carboxylic acids is 2. The number of fused-ring (bicyclic) bond motifs is 3. The summed E-state index contributed by atoms with van der Waals surface area (Å²) in [6, 6.07) is 15.3. The van der Waals surface area contributed by atoms with Gasteiger partial charge in [-0.25, -0.2) is 4.79 Å². The molecule has 2 unspecified atom stereocenters. The largest absolute Gasteiger partial charge is 0.481 e.